The topological polar surface area (TPSA) is 55.1 Å². The van der Waals surface area contributed by atoms with Crippen molar-refractivity contribution in [2.24, 2.45) is 17.6 Å². The van der Waals surface area contributed by atoms with E-state index in [0.717, 1.165) is 12.8 Å². The molecule has 0 aromatic heterocycles. The van der Waals surface area contributed by atoms with E-state index in [0.29, 0.717) is 0 Å². The van der Waals surface area contributed by atoms with Gasteiger partial charge in [0.2, 0.25) is 5.91 Å². The van der Waals surface area contributed by atoms with Gasteiger partial charge < -0.3 is 11.1 Å². The van der Waals surface area contributed by atoms with E-state index in [4.69, 9.17) is 18.0 Å². The Morgan fingerprint density at radius 1 is 1.40 bits per heavy atom. The lowest BCUT2D eigenvalue weighted by molar-refractivity contribution is -0.124. The van der Waals surface area contributed by atoms with Gasteiger partial charge in [-0.05, 0) is 19.3 Å². The smallest absolute Gasteiger partial charge is 0.230 e. The average Bonchev–Trinajstić information content (AvgIpc) is 2.01. The highest BCUT2D eigenvalue weighted by atomic mass is 32.1. The van der Waals surface area contributed by atoms with Crippen molar-refractivity contribution in [1.82, 2.24) is 5.32 Å². The van der Waals surface area contributed by atoms with Crippen LogP contribution >= 0.6 is 12.2 Å². The molecule has 0 aromatic carbocycles. The van der Waals surface area contributed by atoms with Gasteiger partial charge in [0, 0.05) is 6.04 Å². The SMILES string of the molecule is CCCC(C)NC(=O)C(C(N)=S)C(C)C. The summed E-state index contributed by atoms with van der Waals surface area (Å²) >= 11 is 4.90. The maximum atomic E-state index is 11.8. The predicted octanol–water partition coefficient (Wildman–Crippen LogP) is 1.85. The summed E-state index contributed by atoms with van der Waals surface area (Å²) in [5.74, 6) is -0.242. The molecule has 2 unspecified atom stereocenters. The zero-order valence-electron chi connectivity index (χ0n) is 10.0. The number of hydrogen-bond donors (Lipinski definition) is 2. The number of nitrogens with two attached hydrogens (primary N) is 1. The van der Waals surface area contributed by atoms with Crippen LogP contribution in [0.25, 0.3) is 0 Å². The number of thiocarbonyl (C=S) groups is 1. The first-order chi connectivity index (χ1) is 6.90. The van der Waals surface area contributed by atoms with Gasteiger partial charge >= 0.3 is 0 Å². The van der Waals surface area contributed by atoms with Crippen LogP contribution in [0, 0.1) is 11.8 Å². The van der Waals surface area contributed by atoms with Gasteiger partial charge in [-0.3, -0.25) is 4.79 Å². The summed E-state index contributed by atoms with van der Waals surface area (Å²) in [5, 5.41) is 2.94. The lowest BCUT2D eigenvalue weighted by atomic mass is 9.94. The van der Waals surface area contributed by atoms with Gasteiger partial charge in [0.1, 0.15) is 0 Å². The molecule has 0 bridgehead atoms. The highest BCUT2D eigenvalue weighted by Crippen LogP contribution is 2.12. The number of carbonyl (C=O) groups is 1. The van der Waals surface area contributed by atoms with E-state index in [1.54, 1.807) is 0 Å². The molecule has 0 radical (unpaired) electrons. The van der Waals surface area contributed by atoms with E-state index in [1.165, 1.54) is 0 Å². The molecule has 0 aliphatic heterocycles. The molecule has 15 heavy (non-hydrogen) atoms. The van der Waals surface area contributed by atoms with Crippen LogP contribution in [0.15, 0.2) is 0 Å². The zero-order chi connectivity index (χ0) is 12.0. The Morgan fingerprint density at radius 3 is 2.27 bits per heavy atom. The Bertz CT molecular complexity index is 229. The van der Waals surface area contributed by atoms with Crippen LogP contribution in [0.5, 0.6) is 0 Å². The van der Waals surface area contributed by atoms with Crippen molar-refractivity contribution in [1.29, 1.82) is 0 Å². The highest BCUT2D eigenvalue weighted by Gasteiger charge is 2.25. The van der Waals surface area contributed by atoms with E-state index in [1.807, 2.05) is 20.8 Å². The highest BCUT2D eigenvalue weighted by molar-refractivity contribution is 7.80. The molecule has 0 fully saturated rings. The molecule has 0 aromatic rings. The van der Waals surface area contributed by atoms with Crippen LogP contribution in [-0.2, 0) is 4.79 Å². The Balaban J connectivity index is 4.33. The first-order valence-electron chi connectivity index (χ1n) is 5.49. The van der Waals surface area contributed by atoms with Gasteiger partial charge in [-0.25, -0.2) is 0 Å². The molecule has 0 aliphatic rings. The quantitative estimate of drug-likeness (QED) is 0.685. The minimum atomic E-state index is -0.348. The minimum absolute atomic E-state index is 0.0431. The molecular weight excluding hydrogens is 208 g/mol. The summed E-state index contributed by atoms with van der Waals surface area (Å²) in [5.41, 5.74) is 5.56. The second-order valence-corrected chi connectivity index (χ2v) is 4.79. The Hall–Kier alpha value is -0.640. The molecular formula is C11H22N2OS. The summed E-state index contributed by atoms with van der Waals surface area (Å²) in [6.07, 6.45) is 2.04. The van der Waals surface area contributed by atoms with Gasteiger partial charge in [-0.2, -0.15) is 0 Å². The molecule has 0 saturated carbocycles. The Kier molecular flexibility index (Phi) is 6.48. The number of rotatable bonds is 6. The maximum Gasteiger partial charge on any atom is 0.230 e. The fourth-order valence-corrected chi connectivity index (χ4v) is 1.98. The number of amides is 1. The molecule has 88 valence electrons. The monoisotopic (exact) mass is 230 g/mol. The van der Waals surface area contributed by atoms with Crippen LogP contribution in [-0.4, -0.2) is 16.9 Å². The average molecular weight is 230 g/mol. The fraction of sp³-hybridized carbons (Fsp3) is 0.818. The van der Waals surface area contributed by atoms with Crippen LogP contribution in [0.3, 0.4) is 0 Å². The molecule has 0 rings (SSSR count). The van der Waals surface area contributed by atoms with Crippen molar-refractivity contribution in [3.63, 3.8) is 0 Å². The van der Waals surface area contributed by atoms with Crippen molar-refractivity contribution in [2.75, 3.05) is 0 Å². The molecule has 3 N–H and O–H groups in total. The van der Waals surface area contributed by atoms with Crippen LogP contribution in [0.4, 0.5) is 0 Å². The summed E-state index contributed by atoms with van der Waals surface area (Å²) in [7, 11) is 0. The van der Waals surface area contributed by atoms with Crippen molar-refractivity contribution in [2.45, 2.75) is 46.6 Å². The van der Waals surface area contributed by atoms with E-state index < -0.39 is 0 Å². The third kappa shape index (κ3) is 5.11. The lowest BCUT2D eigenvalue weighted by Gasteiger charge is -2.21. The summed E-state index contributed by atoms with van der Waals surface area (Å²) in [6, 6.07) is 0.193. The summed E-state index contributed by atoms with van der Waals surface area (Å²) in [4.78, 5) is 12.1. The van der Waals surface area contributed by atoms with E-state index in [2.05, 4.69) is 12.2 Å². The molecule has 3 nitrogen and oxygen atoms in total. The third-order valence-electron chi connectivity index (χ3n) is 2.37. The fourth-order valence-electron chi connectivity index (χ4n) is 1.60. The number of nitrogens with one attached hydrogen (secondary N) is 1. The molecule has 0 heterocycles. The molecule has 1 amide bonds. The second kappa shape index (κ2) is 6.77. The van der Waals surface area contributed by atoms with Crippen LogP contribution in [0.2, 0.25) is 0 Å². The first kappa shape index (κ1) is 14.4. The summed E-state index contributed by atoms with van der Waals surface area (Å²) in [6.45, 7) is 8.00. The Labute approximate surface area is 97.8 Å². The summed E-state index contributed by atoms with van der Waals surface area (Å²) < 4.78 is 0. The normalized spacial score (nSPS) is 14.7. The van der Waals surface area contributed by atoms with Gasteiger partial charge in [0.25, 0.3) is 0 Å². The van der Waals surface area contributed by atoms with Gasteiger partial charge in [-0.1, -0.05) is 39.4 Å². The Morgan fingerprint density at radius 2 is 1.93 bits per heavy atom. The molecule has 2 atom stereocenters. The predicted molar refractivity (Wildman–Crippen MR) is 67.6 cm³/mol. The first-order valence-corrected chi connectivity index (χ1v) is 5.90. The van der Waals surface area contributed by atoms with Crippen molar-refractivity contribution in [3.05, 3.63) is 0 Å². The second-order valence-electron chi connectivity index (χ2n) is 4.32. The van der Waals surface area contributed by atoms with Gasteiger partial charge in [-0.15, -0.1) is 0 Å². The van der Waals surface area contributed by atoms with E-state index >= 15 is 0 Å². The maximum absolute atomic E-state index is 11.8. The molecule has 4 heteroatoms. The third-order valence-corrected chi connectivity index (χ3v) is 2.62. The number of hydrogen-bond acceptors (Lipinski definition) is 2. The lowest BCUT2D eigenvalue weighted by Crippen LogP contribution is -2.44. The van der Waals surface area contributed by atoms with Gasteiger partial charge in [0.15, 0.2) is 0 Å². The van der Waals surface area contributed by atoms with Crippen LogP contribution in [0.1, 0.15) is 40.5 Å². The molecule has 0 saturated heterocycles. The number of carbonyl (C=O) groups excluding carboxylic acids is 1. The van der Waals surface area contributed by atoms with Gasteiger partial charge in [0.05, 0.1) is 10.9 Å². The van der Waals surface area contributed by atoms with E-state index in [9.17, 15) is 4.79 Å². The van der Waals surface area contributed by atoms with E-state index in [-0.39, 0.29) is 28.8 Å². The van der Waals surface area contributed by atoms with Crippen molar-refractivity contribution >= 4 is 23.1 Å². The standard InChI is InChI=1S/C11H22N2OS/c1-5-6-8(4)13-11(14)9(7(2)3)10(12)15/h7-9H,5-6H2,1-4H3,(H2,12,15)(H,13,14). The van der Waals surface area contributed by atoms with Crippen molar-refractivity contribution in [3.8, 4) is 0 Å². The van der Waals surface area contributed by atoms with Crippen molar-refractivity contribution < 1.29 is 4.79 Å². The minimum Gasteiger partial charge on any atom is -0.393 e. The largest absolute Gasteiger partial charge is 0.393 e. The van der Waals surface area contributed by atoms with Crippen LogP contribution < -0.4 is 11.1 Å². The molecule has 0 aliphatic carbocycles. The zero-order valence-corrected chi connectivity index (χ0v) is 10.9. The molecule has 0 spiro atoms.